The number of hydrogen-bond acceptors (Lipinski definition) is 6. The number of phenols is 2. The Morgan fingerprint density at radius 3 is 2.04 bits per heavy atom. The molecule has 1 aliphatic rings. The molecule has 2 N–H and O–H groups in total. The van der Waals surface area contributed by atoms with Gasteiger partial charge in [0.15, 0.2) is 0 Å². The molecule has 4 rings (SSSR count). The Balaban J connectivity index is 2.01. The van der Waals surface area contributed by atoms with E-state index in [0.29, 0.717) is 5.56 Å². The Labute approximate surface area is 129 Å². The monoisotopic (exact) mass is 307 g/mol. The molecule has 2 aromatic carbocycles. The Bertz CT molecular complexity index is 972. The van der Waals surface area contributed by atoms with E-state index < -0.39 is 11.6 Å². The van der Waals surface area contributed by atoms with Crippen molar-refractivity contribution in [1.29, 1.82) is 0 Å². The summed E-state index contributed by atoms with van der Waals surface area (Å²) in [6.45, 7) is 0. The Kier molecular flexibility index (Phi) is 2.62. The molecule has 0 bridgehead atoms. The van der Waals surface area contributed by atoms with Crippen molar-refractivity contribution >= 4 is 11.6 Å². The van der Waals surface area contributed by atoms with Gasteiger partial charge in [0, 0.05) is 5.56 Å². The van der Waals surface area contributed by atoms with Gasteiger partial charge >= 0.3 is 0 Å². The molecule has 0 saturated heterocycles. The smallest absolute Gasteiger partial charge is 0.236 e. The average Bonchev–Trinajstić information content (AvgIpc) is 3.01. The summed E-state index contributed by atoms with van der Waals surface area (Å²) in [5.74, 6) is -2.29. The molecule has 1 aromatic heterocycles. The summed E-state index contributed by atoms with van der Waals surface area (Å²) in [5.41, 5.74) is 0.338. The molecule has 23 heavy (non-hydrogen) atoms. The maximum Gasteiger partial charge on any atom is 0.236 e. The fourth-order valence-electron chi connectivity index (χ4n) is 2.73. The lowest BCUT2D eigenvalue weighted by Gasteiger charge is -2.15. The highest BCUT2D eigenvalue weighted by molar-refractivity contribution is 6.30. The average molecular weight is 307 g/mol. The molecule has 0 aliphatic heterocycles. The summed E-state index contributed by atoms with van der Waals surface area (Å²) < 4.78 is 5.06. The van der Waals surface area contributed by atoms with Gasteiger partial charge in [-0.1, -0.05) is 35.5 Å². The molecule has 1 aliphatic carbocycles. The first-order valence-electron chi connectivity index (χ1n) is 6.79. The van der Waals surface area contributed by atoms with Gasteiger partial charge in [-0.15, -0.1) is 0 Å². The molecular formula is C17H9NO5. The molecule has 0 fully saturated rings. The molecule has 6 nitrogen and oxygen atoms in total. The highest BCUT2D eigenvalue weighted by Crippen LogP contribution is 2.40. The van der Waals surface area contributed by atoms with E-state index in [1.54, 1.807) is 24.3 Å². The fourth-order valence-corrected chi connectivity index (χ4v) is 2.73. The van der Waals surface area contributed by atoms with Crippen LogP contribution >= 0.6 is 0 Å². The lowest BCUT2D eigenvalue weighted by atomic mass is 9.85. The zero-order valence-corrected chi connectivity index (χ0v) is 11.6. The van der Waals surface area contributed by atoms with Gasteiger partial charge in [0.2, 0.25) is 17.3 Å². The van der Waals surface area contributed by atoms with Crippen molar-refractivity contribution in [3.8, 4) is 22.8 Å². The van der Waals surface area contributed by atoms with Crippen LogP contribution < -0.4 is 0 Å². The van der Waals surface area contributed by atoms with Gasteiger partial charge in [-0.05, 0) is 12.1 Å². The maximum atomic E-state index is 12.8. The molecule has 0 spiro atoms. The summed E-state index contributed by atoms with van der Waals surface area (Å²) in [5, 5.41) is 23.7. The minimum Gasteiger partial charge on any atom is -0.507 e. The van der Waals surface area contributed by atoms with Gasteiger partial charge in [0.1, 0.15) is 22.8 Å². The third-order valence-electron chi connectivity index (χ3n) is 3.79. The first-order chi connectivity index (χ1) is 11.1. The van der Waals surface area contributed by atoms with Crippen molar-refractivity contribution in [2.24, 2.45) is 0 Å². The van der Waals surface area contributed by atoms with Gasteiger partial charge in [-0.25, -0.2) is 0 Å². The number of hydrogen-bond donors (Lipinski definition) is 2. The van der Waals surface area contributed by atoms with Gasteiger partial charge in [-0.2, -0.15) is 0 Å². The summed E-state index contributed by atoms with van der Waals surface area (Å²) >= 11 is 0. The van der Waals surface area contributed by atoms with E-state index in [2.05, 4.69) is 5.16 Å². The van der Waals surface area contributed by atoms with Gasteiger partial charge in [-0.3, -0.25) is 9.59 Å². The van der Waals surface area contributed by atoms with Gasteiger partial charge < -0.3 is 14.7 Å². The minimum atomic E-state index is -0.683. The van der Waals surface area contributed by atoms with Crippen LogP contribution in [0.1, 0.15) is 32.0 Å². The third-order valence-corrected chi connectivity index (χ3v) is 3.79. The highest BCUT2D eigenvalue weighted by atomic mass is 16.5. The van der Waals surface area contributed by atoms with E-state index in [4.69, 9.17) is 4.52 Å². The number of aromatic hydroxyl groups is 2. The first kappa shape index (κ1) is 13.3. The summed E-state index contributed by atoms with van der Waals surface area (Å²) in [6.07, 6.45) is 0. The van der Waals surface area contributed by atoms with Crippen molar-refractivity contribution in [2.45, 2.75) is 0 Å². The van der Waals surface area contributed by atoms with Gasteiger partial charge in [0.05, 0.1) is 11.1 Å². The van der Waals surface area contributed by atoms with Crippen LogP contribution in [0.4, 0.5) is 0 Å². The fraction of sp³-hybridized carbons (Fsp3) is 0. The van der Waals surface area contributed by atoms with Crippen LogP contribution in [-0.4, -0.2) is 26.9 Å². The summed E-state index contributed by atoms with van der Waals surface area (Å²) in [7, 11) is 0. The second kappa shape index (κ2) is 4.54. The molecule has 0 radical (unpaired) electrons. The van der Waals surface area contributed by atoms with E-state index in [9.17, 15) is 19.8 Å². The van der Waals surface area contributed by atoms with E-state index >= 15 is 0 Å². The quantitative estimate of drug-likeness (QED) is 0.524. The van der Waals surface area contributed by atoms with Crippen molar-refractivity contribution in [3.05, 3.63) is 64.9 Å². The number of nitrogens with zero attached hydrogens (tertiary/aromatic N) is 1. The zero-order chi connectivity index (χ0) is 16.1. The van der Waals surface area contributed by atoms with Crippen LogP contribution in [0, 0.1) is 0 Å². The topological polar surface area (TPSA) is 101 Å². The predicted octanol–water partition coefficient (Wildman–Crippen LogP) is 2.53. The number of rotatable bonds is 1. The second-order valence-electron chi connectivity index (χ2n) is 5.11. The highest BCUT2D eigenvalue weighted by Gasteiger charge is 2.40. The molecule has 6 heteroatoms. The lowest BCUT2D eigenvalue weighted by molar-refractivity contribution is 0.0950. The van der Waals surface area contributed by atoms with Crippen LogP contribution in [0.3, 0.4) is 0 Å². The molecule has 0 saturated carbocycles. The van der Waals surface area contributed by atoms with Crippen LogP contribution in [-0.2, 0) is 0 Å². The number of fused-ring (bicyclic) bond motifs is 2. The standard InChI is InChI=1S/C17H9NO5/c19-9-6-7-10(20)12-11(9)15(21)13-14(8-4-2-1-3-5-8)18-23-17(13)16(12)22/h1-7,19-20H. The SMILES string of the molecule is O=C1c2onc(-c3ccccc3)c2C(=O)c2c(O)ccc(O)c21. The number of benzene rings is 2. The Hall–Kier alpha value is -3.41. The summed E-state index contributed by atoms with van der Waals surface area (Å²) in [4.78, 5) is 25.3. The minimum absolute atomic E-state index is 0.00500. The van der Waals surface area contributed by atoms with Crippen LogP contribution in [0.15, 0.2) is 47.0 Å². The number of ketones is 2. The van der Waals surface area contributed by atoms with Crippen molar-refractivity contribution in [3.63, 3.8) is 0 Å². The zero-order valence-electron chi connectivity index (χ0n) is 11.6. The van der Waals surface area contributed by atoms with Crippen LogP contribution in [0.25, 0.3) is 11.3 Å². The number of carbonyl (C=O) groups is 2. The van der Waals surface area contributed by atoms with Crippen molar-refractivity contribution < 1.29 is 24.3 Å². The molecule has 112 valence electrons. The molecule has 0 unspecified atom stereocenters. The largest absolute Gasteiger partial charge is 0.507 e. The maximum absolute atomic E-state index is 12.8. The van der Waals surface area contributed by atoms with Crippen molar-refractivity contribution in [2.75, 3.05) is 0 Å². The number of carbonyl (C=O) groups excluding carboxylic acids is 2. The third kappa shape index (κ3) is 1.72. The van der Waals surface area contributed by atoms with Gasteiger partial charge in [0.25, 0.3) is 0 Å². The molecular weight excluding hydrogens is 298 g/mol. The number of phenolic OH excluding ortho intramolecular Hbond substituents is 2. The second-order valence-corrected chi connectivity index (χ2v) is 5.11. The predicted molar refractivity (Wildman–Crippen MR) is 78.6 cm³/mol. The molecule has 0 amide bonds. The van der Waals surface area contributed by atoms with E-state index in [1.807, 2.05) is 6.07 Å². The van der Waals surface area contributed by atoms with E-state index in [1.165, 1.54) is 6.07 Å². The first-order valence-corrected chi connectivity index (χ1v) is 6.79. The lowest BCUT2D eigenvalue weighted by Crippen LogP contribution is -2.20. The Morgan fingerprint density at radius 2 is 1.39 bits per heavy atom. The van der Waals surface area contributed by atoms with E-state index in [0.717, 1.165) is 6.07 Å². The van der Waals surface area contributed by atoms with E-state index in [-0.39, 0.29) is 39.6 Å². The van der Waals surface area contributed by atoms with Crippen molar-refractivity contribution in [1.82, 2.24) is 5.16 Å². The van der Waals surface area contributed by atoms with Crippen LogP contribution in [0.5, 0.6) is 11.5 Å². The molecule has 3 aromatic rings. The molecule has 1 heterocycles. The molecule has 0 atom stereocenters. The normalized spacial score (nSPS) is 12.9. The number of aromatic nitrogens is 1. The summed E-state index contributed by atoms with van der Waals surface area (Å²) in [6, 6.07) is 11.1. The van der Waals surface area contributed by atoms with Crippen LogP contribution in [0.2, 0.25) is 0 Å². The Morgan fingerprint density at radius 1 is 0.783 bits per heavy atom.